The van der Waals surface area contributed by atoms with E-state index in [0.717, 1.165) is 12.5 Å². The molecule has 9 heteroatoms. The van der Waals surface area contributed by atoms with Crippen molar-refractivity contribution in [2.24, 2.45) is 5.92 Å². The van der Waals surface area contributed by atoms with E-state index in [4.69, 9.17) is 14.6 Å². The van der Waals surface area contributed by atoms with Gasteiger partial charge in [0, 0.05) is 37.9 Å². The molecule has 2 heterocycles. The molecule has 0 aromatic heterocycles. The second kappa shape index (κ2) is 9.07. The van der Waals surface area contributed by atoms with Crippen molar-refractivity contribution in [1.29, 1.82) is 0 Å². The lowest BCUT2D eigenvalue weighted by atomic mass is 9.97. The average Bonchev–Trinajstić information content (AvgIpc) is 3.23. The summed E-state index contributed by atoms with van der Waals surface area (Å²) in [5.74, 6) is -1.59. The molecule has 0 spiro atoms. The minimum atomic E-state index is -4.51. The highest BCUT2D eigenvalue weighted by molar-refractivity contribution is 5.71. The Balaban J connectivity index is 1.40. The molecule has 0 bridgehead atoms. The van der Waals surface area contributed by atoms with Crippen LogP contribution in [0.3, 0.4) is 0 Å². The van der Waals surface area contributed by atoms with E-state index in [9.17, 15) is 22.4 Å². The van der Waals surface area contributed by atoms with Crippen LogP contribution in [0, 0.1) is 11.7 Å². The largest absolute Gasteiger partial charge is 0.489 e. The van der Waals surface area contributed by atoms with Gasteiger partial charge in [-0.3, -0.25) is 9.69 Å². The zero-order valence-corrected chi connectivity index (χ0v) is 17.2. The number of nitrogens with zero attached hydrogens (tertiary/aromatic N) is 1. The first-order valence-corrected chi connectivity index (χ1v) is 10.4. The van der Waals surface area contributed by atoms with Crippen molar-refractivity contribution in [2.75, 3.05) is 19.7 Å². The van der Waals surface area contributed by atoms with Crippen LogP contribution >= 0.6 is 0 Å². The summed E-state index contributed by atoms with van der Waals surface area (Å²) in [4.78, 5) is 12.7. The van der Waals surface area contributed by atoms with Crippen molar-refractivity contribution in [3.05, 3.63) is 64.5 Å². The summed E-state index contributed by atoms with van der Waals surface area (Å²) in [5.41, 5.74) is 0.122. The highest BCUT2D eigenvalue weighted by Crippen LogP contribution is 2.39. The first-order chi connectivity index (χ1) is 15.2. The highest BCUT2D eigenvalue weighted by atomic mass is 19.4. The molecular weight excluding hydrogens is 430 g/mol. The molecule has 2 aromatic carbocycles. The highest BCUT2D eigenvalue weighted by Gasteiger charge is 2.36. The number of ether oxygens (including phenoxy) is 2. The van der Waals surface area contributed by atoms with Gasteiger partial charge in [-0.2, -0.15) is 13.2 Å². The molecule has 2 aliphatic heterocycles. The van der Waals surface area contributed by atoms with Crippen molar-refractivity contribution in [2.45, 2.75) is 38.3 Å². The van der Waals surface area contributed by atoms with Crippen LogP contribution in [0.5, 0.6) is 5.75 Å². The van der Waals surface area contributed by atoms with E-state index in [-0.39, 0.29) is 24.5 Å². The summed E-state index contributed by atoms with van der Waals surface area (Å²) in [7, 11) is 0. The van der Waals surface area contributed by atoms with Gasteiger partial charge in [0.25, 0.3) is 0 Å². The van der Waals surface area contributed by atoms with E-state index in [0.29, 0.717) is 37.2 Å². The Morgan fingerprint density at radius 3 is 2.59 bits per heavy atom. The molecule has 1 N–H and O–H groups in total. The summed E-state index contributed by atoms with van der Waals surface area (Å²) >= 11 is 0. The summed E-state index contributed by atoms with van der Waals surface area (Å²) in [6.45, 7) is 1.34. The molecule has 2 aromatic rings. The van der Waals surface area contributed by atoms with Crippen LogP contribution in [-0.4, -0.2) is 35.7 Å². The SMILES string of the molecule is O=C(O)C1CN(Cc2ccc(OCc3ccc(C4CCCO4)c(C(F)(F)F)c3)cc2F)C1. The number of halogens is 4. The number of likely N-dealkylation sites (tertiary alicyclic amines) is 1. The second-order valence-electron chi connectivity index (χ2n) is 8.19. The average molecular weight is 453 g/mol. The minimum Gasteiger partial charge on any atom is -0.489 e. The van der Waals surface area contributed by atoms with Crippen LogP contribution in [-0.2, 0) is 28.9 Å². The second-order valence-corrected chi connectivity index (χ2v) is 8.19. The van der Waals surface area contributed by atoms with Crippen molar-refractivity contribution < 1.29 is 36.9 Å². The number of carboxylic acids is 1. The Morgan fingerprint density at radius 1 is 1.19 bits per heavy atom. The minimum absolute atomic E-state index is 0.130. The number of hydrogen-bond donors (Lipinski definition) is 1. The number of carboxylic acid groups (broad SMARTS) is 1. The van der Waals surface area contributed by atoms with Gasteiger partial charge >= 0.3 is 12.1 Å². The third kappa shape index (κ3) is 5.05. The normalized spacial score (nSPS) is 19.7. The van der Waals surface area contributed by atoms with Crippen molar-refractivity contribution in [1.82, 2.24) is 4.90 Å². The lowest BCUT2D eigenvalue weighted by Crippen LogP contribution is -2.49. The number of hydrogen-bond acceptors (Lipinski definition) is 4. The van der Waals surface area contributed by atoms with Crippen LogP contribution in [0.2, 0.25) is 0 Å². The van der Waals surface area contributed by atoms with E-state index in [2.05, 4.69) is 0 Å². The molecule has 2 fully saturated rings. The van der Waals surface area contributed by atoms with Gasteiger partial charge in [-0.1, -0.05) is 18.2 Å². The van der Waals surface area contributed by atoms with E-state index >= 15 is 0 Å². The molecule has 0 aliphatic carbocycles. The first-order valence-electron chi connectivity index (χ1n) is 10.4. The Labute approximate surface area is 182 Å². The van der Waals surface area contributed by atoms with Gasteiger partial charge in [0.15, 0.2) is 0 Å². The molecule has 2 aliphatic rings. The Bertz CT molecular complexity index is 982. The van der Waals surface area contributed by atoms with E-state index < -0.39 is 35.5 Å². The van der Waals surface area contributed by atoms with Gasteiger partial charge in [0.05, 0.1) is 17.6 Å². The molecular formula is C23H23F4NO4. The zero-order chi connectivity index (χ0) is 22.9. The molecule has 0 amide bonds. The molecule has 2 saturated heterocycles. The standard InChI is InChI=1S/C23H23F4NO4/c24-20-9-17(5-4-15(20)10-28-11-16(12-28)22(29)30)32-13-14-3-6-18(21-2-1-7-31-21)19(8-14)23(25,26)27/h3-6,8-9,16,21H,1-2,7,10-13H2,(H,29,30). The summed E-state index contributed by atoms with van der Waals surface area (Å²) in [6, 6.07) is 8.34. The van der Waals surface area contributed by atoms with Crippen LogP contribution in [0.15, 0.2) is 36.4 Å². The third-order valence-electron chi connectivity index (χ3n) is 5.83. The smallest absolute Gasteiger partial charge is 0.416 e. The van der Waals surface area contributed by atoms with Crippen molar-refractivity contribution >= 4 is 5.97 Å². The van der Waals surface area contributed by atoms with Crippen LogP contribution in [0.1, 0.15) is 41.2 Å². The number of alkyl halides is 3. The monoisotopic (exact) mass is 453 g/mol. The predicted octanol–water partition coefficient (Wildman–Crippen LogP) is 4.79. The maximum atomic E-state index is 14.4. The van der Waals surface area contributed by atoms with Gasteiger partial charge in [-0.15, -0.1) is 0 Å². The maximum absolute atomic E-state index is 14.4. The van der Waals surface area contributed by atoms with Gasteiger partial charge in [-0.05, 0) is 36.1 Å². The summed E-state index contributed by atoms with van der Waals surface area (Å²) < 4.78 is 66.1. The maximum Gasteiger partial charge on any atom is 0.416 e. The number of carbonyl (C=O) groups is 1. The Hall–Kier alpha value is -2.65. The van der Waals surface area contributed by atoms with Gasteiger partial charge in [0.2, 0.25) is 0 Å². The van der Waals surface area contributed by atoms with Crippen molar-refractivity contribution in [3.8, 4) is 5.75 Å². The number of aliphatic carboxylic acids is 1. The summed E-state index contributed by atoms with van der Waals surface area (Å²) in [6.07, 6.45) is -3.78. The van der Waals surface area contributed by atoms with Gasteiger partial charge in [0.1, 0.15) is 18.2 Å². The summed E-state index contributed by atoms with van der Waals surface area (Å²) in [5, 5.41) is 8.91. The number of rotatable bonds is 7. The van der Waals surface area contributed by atoms with E-state index in [1.807, 2.05) is 4.90 Å². The Kier molecular flexibility index (Phi) is 6.39. The topological polar surface area (TPSA) is 59.0 Å². The molecule has 0 saturated carbocycles. The van der Waals surface area contributed by atoms with E-state index in [1.54, 1.807) is 18.2 Å². The molecule has 1 unspecified atom stereocenters. The fourth-order valence-electron chi connectivity index (χ4n) is 4.05. The molecule has 32 heavy (non-hydrogen) atoms. The van der Waals surface area contributed by atoms with Crippen LogP contribution in [0.25, 0.3) is 0 Å². The van der Waals surface area contributed by atoms with Gasteiger partial charge in [-0.25, -0.2) is 4.39 Å². The number of benzene rings is 2. The van der Waals surface area contributed by atoms with E-state index in [1.165, 1.54) is 12.1 Å². The quantitative estimate of drug-likeness (QED) is 0.611. The molecule has 5 nitrogen and oxygen atoms in total. The Morgan fingerprint density at radius 2 is 1.97 bits per heavy atom. The zero-order valence-electron chi connectivity index (χ0n) is 17.2. The molecule has 4 rings (SSSR count). The molecule has 0 radical (unpaired) electrons. The lowest BCUT2D eigenvalue weighted by molar-refractivity contribution is -0.147. The first kappa shape index (κ1) is 22.5. The molecule has 172 valence electrons. The fraction of sp³-hybridized carbons (Fsp3) is 0.435. The molecule has 1 atom stereocenters. The van der Waals surface area contributed by atoms with Gasteiger partial charge < -0.3 is 14.6 Å². The van der Waals surface area contributed by atoms with Crippen LogP contribution < -0.4 is 4.74 Å². The van der Waals surface area contributed by atoms with Crippen LogP contribution in [0.4, 0.5) is 17.6 Å². The predicted molar refractivity (Wildman–Crippen MR) is 107 cm³/mol. The lowest BCUT2D eigenvalue weighted by Gasteiger charge is -2.36. The third-order valence-corrected chi connectivity index (χ3v) is 5.83. The van der Waals surface area contributed by atoms with Crippen molar-refractivity contribution in [3.63, 3.8) is 0 Å². The fourth-order valence-corrected chi connectivity index (χ4v) is 4.05.